The van der Waals surface area contributed by atoms with Gasteiger partial charge in [0, 0.05) is 23.8 Å². The molecule has 9 nitrogen and oxygen atoms in total. The lowest BCUT2D eigenvalue weighted by atomic mass is 10.1. The van der Waals surface area contributed by atoms with Crippen molar-refractivity contribution in [1.82, 2.24) is 0 Å². The van der Waals surface area contributed by atoms with Gasteiger partial charge in [-0.05, 0) is 18.2 Å². The summed E-state index contributed by atoms with van der Waals surface area (Å²) in [7, 11) is 2.81. The molecule has 3 N–H and O–H groups in total. The summed E-state index contributed by atoms with van der Waals surface area (Å²) in [6.07, 6.45) is 0. The van der Waals surface area contributed by atoms with Gasteiger partial charge in [0.1, 0.15) is 0 Å². The fraction of sp³-hybridized carbons (Fsp3) is 0.125. The van der Waals surface area contributed by atoms with E-state index in [4.69, 9.17) is 15.2 Å². The van der Waals surface area contributed by atoms with E-state index in [0.717, 1.165) is 0 Å². The lowest BCUT2D eigenvalue weighted by molar-refractivity contribution is -0.384. The highest BCUT2D eigenvalue weighted by atomic mass is 16.6. The number of rotatable bonds is 6. The molecule has 9 heteroatoms. The first-order chi connectivity index (χ1) is 11.9. The van der Waals surface area contributed by atoms with Crippen LogP contribution in [0.4, 0.5) is 11.4 Å². The normalized spacial score (nSPS) is 10.0. The topological polar surface area (TPSA) is 134 Å². The van der Waals surface area contributed by atoms with Gasteiger partial charge in [-0.2, -0.15) is 0 Å². The van der Waals surface area contributed by atoms with Crippen molar-refractivity contribution in [1.29, 1.82) is 0 Å². The molecule has 130 valence electrons. The number of non-ortho nitro benzene ring substituents is 1. The monoisotopic (exact) mass is 345 g/mol. The smallest absolute Gasteiger partial charge is 0.269 e. The summed E-state index contributed by atoms with van der Waals surface area (Å²) in [5.41, 5.74) is 5.54. The Kier molecular flexibility index (Phi) is 5.18. The summed E-state index contributed by atoms with van der Waals surface area (Å²) < 4.78 is 10.2. The SMILES string of the molecule is COc1cc(NC(=O)c2ccc([N+](=O)[O-])cc2)c(C(N)=O)cc1OC. The summed E-state index contributed by atoms with van der Waals surface area (Å²) in [4.78, 5) is 34.0. The van der Waals surface area contributed by atoms with Crippen LogP contribution in [-0.4, -0.2) is 31.0 Å². The largest absolute Gasteiger partial charge is 0.493 e. The van der Waals surface area contributed by atoms with Gasteiger partial charge >= 0.3 is 0 Å². The number of carbonyl (C=O) groups is 2. The van der Waals surface area contributed by atoms with Crippen molar-refractivity contribution < 1.29 is 24.0 Å². The number of ether oxygens (including phenoxy) is 2. The quantitative estimate of drug-likeness (QED) is 0.607. The van der Waals surface area contributed by atoms with Gasteiger partial charge in [0.15, 0.2) is 11.5 Å². The van der Waals surface area contributed by atoms with E-state index in [2.05, 4.69) is 5.32 Å². The van der Waals surface area contributed by atoms with Crippen molar-refractivity contribution in [3.05, 3.63) is 57.6 Å². The van der Waals surface area contributed by atoms with Crippen LogP contribution in [0.25, 0.3) is 0 Å². The van der Waals surface area contributed by atoms with Crippen LogP contribution >= 0.6 is 0 Å². The van der Waals surface area contributed by atoms with Crippen molar-refractivity contribution in [3.63, 3.8) is 0 Å². The predicted molar refractivity (Wildman–Crippen MR) is 89.1 cm³/mol. The average molecular weight is 345 g/mol. The number of nitrogens with two attached hydrogens (primary N) is 1. The minimum atomic E-state index is -0.764. The number of amides is 2. The third-order valence-electron chi connectivity index (χ3n) is 3.38. The number of nitrogens with zero attached hydrogens (tertiary/aromatic N) is 1. The Balaban J connectivity index is 2.36. The Morgan fingerprint density at radius 1 is 1.08 bits per heavy atom. The Labute approximate surface area is 142 Å². The highest BCUT2D eigenvalue weighted by Gasteiger charge is 2.18. The minimum absolute atomic E-state index is 0.0351. The van der Waals surface area contributed by atoms with Crippen LogP contribution in [-0.2, 0) is 0 Å². The molecule has 0 aliphatic rings. The highest BCUT2D eigenvalue weighted by Crippen LogP contribution is 2.33. The highest BCUT2D eigenvalue weighted by molar-refractivity contribution is 6.09. The number of hydrogen-bond acceptors (Lipinski definition) is 6. The number of hydrogen-bond donors (Lipinski definition) is 2. The fourth-order valence-electron chi connectivity index (χ4n) is 2.12. The standard InChI is InChI=1S/C16H15N3O6/c1-24-13-7-11(15(17)20)12(8-14(13)25-2)18-16(21)9-3-5-10(6-4-9)19(22)23/h3-8H,1-2H3,(H2,17,20)(H,18,21). The van der Waals surface area contributed by atoms with Gasteiger partial charge in [-0.3, -0.25) is 19.7 Å². The second kappa shape index (κ2) is 7.30. The molecule has 0 atom stereocenters. The van der Waals surface area contributed by atoms with Gasteiger partial charge in [0.25, 0.3) is 17.5 Å². The molecule has 2 aromatic rings. The van der Waals surface area contributed by atoms with Gasteiger partial charge in [-0.25, -0.2) is 0 Å². The second-order valence-corrected chi connectivity index (χ2v) is 4.88. The molecule has 0 radical (unpaired) electrons. The molecule has 0 aliphatic heterocycles. The molecule has 0 heterocycles. The Morgan fingerprint density at radius 2 is 1.64 bits per heavy atom. The molecule has 0 bridgehead atoms. The van der Waals surface area contributed by atoms with Crippen molar-refractivity contribution in [3.8, 4) is 11.5 Å². The van der Waals surface area contributed by atoms with Gasteiger partial charge in [0.05, 0.1) is 30.4 Å². The summed E-state index contributed by atoms with van der Waals surface area (Å²) in [5, 5.41) is 13.2. The van der Waals surface area contributed by atoms with E-state index in [1.807, 2.05) is 0 Å². The van der Waals surface area contributed by atoms with Gasteiger partial charge in [-0.15, -0.1) is 0 Å². The number of benzene rings is 2. The summed E-state index contributed by atoms with van der Waals surface area (Å²) >= 11 is 0. The number of nitro benzene ring substituents is 1. The van der Waals surface area contributed by atoms with E-state index in [-0.39, 0.29) is 28.3 Å². The maximum Gasteiger partial charge on any atom is 0.269 e. The summed E-state index contributed by atoms with van der Waals surface area (Å²) in [6, 6.07) is 7.78. The Morgan fingerprint density at radius 3 is 2.12 bits per heavy atom. The molecular weight excluding hydrogens is 330 g/mol. The molecule has 0 saturated heterocycles. The molecule has 0 fully saturated rings. The predicted octanol–water partition coefficient (Wildman–Crippen LogP) is 1.96. The minimum Gasteiger partial charge on any atom is -0.493 e. The molecule has 2 rings (SSSR count). The average Bonchev–Trinajstić information content (AvgIpc) is 2.60. The summed E-state index contributed by atoms with van der Waals surface area (Å²) in [5.74, 6) is -0.749. The second-order valence-electron chi connectivity index (χ2n) is 4.88. The van der Waals surface area contributed by atoms with Crippen LogP contribution in [0.2, 0.25) is 0 Å². The van der Waals surface area contributed by atoms with E-state index in [1.165, 1.54) is 50.6 Å². The first-order valence-electron chi connectivity index (χ1n) is 6.99. The van der Waals surface area contributed by atoms with Crippen LogP contribution in [0.15, 0.2) is 36.4 Å². The van der Waals surface area contributed by atoms with Crippen molar-refractivity contribution >= 4 is 23.2 Å². The van der Waals surface area contributed by atoms with E-state index in [0.29, 0.717) is 5.75 Å². The van der Waals surface area contributed by atoms with E-state index >= 15 is 0 Å². The third-order valence-corrected chi connectivity index (χ3v) is 3.38. The van der Waals surface area contributed by atoms with Gasteiger partial charge < -0.3 is 20.5 Å². The van der Waals surface area contributed by atoms with Crippen molar-refractivity contribution in [2.75, 3.05) is 19.5 Å². The molecule has 25 heavy (non-hydrogen) atoms. The Bertz CT molecular complexity index is 833. The number of nitro groups is 1. The maximum absolute atomic E-state index is 12.3. The number of anilines is 1. The molecule has 0 spiro atoms. The Hall–Kier alpha value is -3.62. The van der Waals surface area contributed by atoms with Crippen LogP contribution in [0.3, 0.4) is 0 Å². The third kappa shape index (κ3) is 3.83. The lowest BCUT2D eigenvalue weighted by Crippen LogP contribution is -2.18. The van der Waals surface area contributed by atoms with Crippen LogP contribution in [0, 0.1) is 10.1 Å². The maximum atomic E-state index is 12.3. The van der Waals surface area contributed by atoms with E-state index in [9.17, 15) is 19.7 Å². The van der Waals surface area contributed by atoms with E-state index in [1.54, 1.807) is 0 Å². The lowest BCUT2D eigenvalue weighted by Gasteiger charge is -2.14. The number of primary amides is 1. The van der Waals surface area contributed by atoms with Crippen LogP contribution in [0.1, 0.15) is 20.7 Å². The number of methoxy groups -OCH3 is 2. The zero-order chi connectivity index (χ0) is 18.6. The molecule has 2 aromatic carbocycles. The zero-order valence-electron chi connectivity index (χ0n) is 13.4. The molecule has 0 aliphatic carbocycles. The van der Waals surface area contributed by atoms with Crippen molar-refractivity contribution in [2.24, 2.45) is 5.73 Å². The molecule has 0 aromatic heterocycles. The van der Waals surface area contributed by atoms with Gasteiger partial charge in [0.2, 0.25) is 0 Å². The molecule has 2 amide bonds. The number of nitrogens with one attached hydrogen (secondary N) is 1. The first kappa shape index (κ1) is 17.7. The zero-order valence-corrected chi connectivity index (χ0v) is 13.4. The molecular formula is C16H15N3O6. The fourth-order valence-corrected chi connectivity index (χ4v) is 2.12. The van der Waals surface area contributed by atoms with E-state index < -0.39 is 16.7 Å². The van der Waals surface area contributed by atoms with Gasteiger partial charge in [-0.1, -0.05) is 0 Å². The molecule has 0 unspecified atom stereocenters. The van der Waals surface area contributed by atoms with Crippen LogP contribution < -0.4 is 20.5 Å². The van der Waals surface area contributed by atoms with Crippen LogP contribution in [0.5, 0.6) is 11.5 Å². The summed E-state index contributed by atoms with van der Waals surface area (Å²) in [6.45, 7) is 0. The molecule has 0 saturated carbocycles. The van der Waals surface area contributed by atoms with Crippen molar-refractivity contribution in [2.45, 2.75) is 0 Å². The first-order valence-corrected chi connectivity index (χ1v) is 6.99. The number of carbonyl (C=O) groups excluding carboxylic acids is 2.